The molecule has 150 valence electrons. The van der Waals surface area contributed by atoms with E-state index >= 15 is 0 Å². The van der Waals surface area contributed by atoms with E-state index in [1.807, 2.05) is 6.07 Å². The Hall–Kier alpha value is -1.89. The topological polar surface area (TPSA) is 75.3 Å². The van der Waals surface area contributed by atoms with E-state index in [9.17, 15) is 0 Å². The normalized spacial score (nSPS) is 12.6. The van der Waals surface area contributed by atoms with Gasteiger partial charge in [-0.2, -0.15) is 0 Å². The summed E-state index contributed by atoms with van der Waals surface area (Å²) in [6, 6.07) is 2.05. The molecule has 7 heteroatoms. The number of nitrogens with zero attached hydrogens (tertiary/aromatic N) is 3. The number of hydrogen-bond acceptors (Lipinski definition) is 5. The van der Waals surface area contributed by atoms with Gasteiger partial charge in [-0.05, 0) is 19.8 Å². The van der Waals surface area contributed by atoms with Crippen molar-refractivity contribution < 1.29 is 4.52 Å². The van der Waals surface area contributed by atoms with Crippen LogP contribution in [0.15, 0.2) is 21.0 Å². The maximum absolute atomic E-state index is 5.48. The van der Waals surface area contributed by atoms with Crippen LogP contribution in [-0.4, -0.2) is 22.6 Å². The first-order valence-corrected chi connectivity index (χ1v) is 10.7. The molecule has 0 fully saturated rings. The van der Waals surface area contributed by atoms with Crippen molar-refractivity contribution in [1.29, 1.82) is 0 Å². The Balaban J connectivity index is 1.96. The van der Waals surface area contributed by atoms with Crippen LogP contribution >= 0.6 is 11.3 Å². The van der Waals surface area contributed by atoms with E-state index in [1.165, 1.54) is 0 Å². The highest BCUT2D eigenvalue weighted by Gasteiger charge is 2.18. The van der Waals surface area contributed by atoms with Gasteiger partial charge in [-0.3, -0.25) is 0 Å². The number of guanidine groups is 1. The number of nitrogens with one attached hydrogen (secondary N) is 2. The monoisotopic (exact) mass is 391 g/mol. The minimum absolute atomic E-state index is 0.0776. The van der Waals surface area contributed by atoms with E-state index in [0.717, 1.165) is 47.5 Å². The average Bonchev–Trinajstić information content (AvgIpc) is 3.28. The second kappa shape index (κ2) is 9.88. The molecule has 0 atom stereocenters. The fourth-order valence-electron chi connectivity index (χ4n) is 2.71. The van der Waals surface area contributed by atoms with Crippen LogP contribution in [-0.2, 0) is 18.5 Å². The summed E-state index contributed by atoms with van der Waals surface area (Å²) >= 11 is 1.70. The molecule has 0 saturated heterocycles. The first kappa shape index (κ1) is 21.4. The van der Waals surface area contributed by atoms with Crippen LogP contribution in [0.25, 0.3) is 0 Å². The summed E-state index contributed by atoms with van der Waals surface area (Å²) in [7, 11) is 0. The quantitative estimate of drug-likeness (QED) is 0.508. The van der Waals surface area contributed by atoms with Crippen molar-refractivity contribution in [3.05, 3.63) is 33.6 Å². The Morgan fingerprint density at radius 2 is 1.96 bits per heavy atom. The number of aliphatic imine (C=N–C) groups is 1. The zero-order chi connectivity index (χ0) is 19.9. The van der Waals surface area contributed by atoms with E-state index in [2.05, 4.69) is 67.7 Å². The second-order valence-corrected chi connectivity index (χ2v) is 8.53. The standard InChI is InChI=1S/C20H33N5OS/c1-7-14(8-2)17-10-16(26-25-17)12-23-19(21-9-3)22-11-15-13-27-18(24-15)20(4,5)6/h10,13-14H,7-9,11-12H2,1-6H3,(H2,21,22,23). The van der Waals surface area contributed by atoms with Crippen molar-refractivity contribution in [2.75, 3.05) is 6.54 Å². The van der Waals surface area contributed by atoms with Gasteiger partial charge in [-0.25, -0.2) is 9.98 Å². The summed E-state index contributed by atoms with van der Waals surface area (Å²) in [6.45, 7) is 14.9. The van der Waals surface area contributed by atoms with Crippen LogP contribution in [0.2, 0.25) is 0 Å². The molecule has 0 aliphatic heterocycles. The lowest BCUT2D eigenvalue weighted by Crippen LogP contribution is -2.36. The van der Waals surface area contributed by atoms with Crippen molar-refractivity contribution in [2.45, 2.75) is 78.8 Å². The fourth-order valence-corrected chi connectivity index (χ4v) is 3.61. The Morgan fingerprint density at radius 3 is 2.56 bits per heavy atom. The molecule has 2 aromatic rings. The number of hydrogen-bond donors (Lipinski definition) is 2. The minimum Gasteiger partial charge on any atom is -0.359 e. The molecule has 0 amide bonds. The van der Waals surface area contributed by atoms with Gasteiger partial charge in [0.25, 0.3) is 0 Å². The van der Waals surface area contributed by atoms with Gasteiger partial charge < -0.3 is 15.2 Å². The van der Waals surface area contributed by atoms with Gasteiger partial charge in [0.2, 0.25) is 0 Å². The molecular formula is C20H33N5OS. The first-order chi connectivity index (χ1) is 12.9. The second-order valence-electron chi connectivity index (χ2n) is 7.67. The lowest BCUT2D eigenvalue weighted by molar-refractivity contribution is 0.368. The molecule has 2 rings (SSSR count). The third-order valence-corrected chi connectivity index (χ3v) is 5.66. The van der Waals surface area contributed by atoms with E-state index < -0.39 is 0 Å². The molecular weight excluding hydrogens is 358 g/mol. The van der Waals surface area contributed by atoms with Gasteiger partial charge in [0.1, 0.15) is 0 Å². The van der Waals surface area contributed by atoms with Gasteiger partial charge in [-0.15, -0.1) is 11.3 Å². The Kier molecular flexibility index (Phi) is 7.83. The zero-order valence-electron chi connectivity index (χ0n) is 17.4. The SMILES string of the molecule is CCNC(=NCc1csc(C(C)(C)C)n1)NCc1cc(C(CC)CC)no1. The molecule has 27 heavy (non-hydrogen) atoms. The number of thiazole rings is 1. The molecule has 0 radical (unpaired) electrons. The minimum atomic E-state index is 0.0776. The molecule has 2 N–H and O–H groups in total. The van der Waals surface area contributed by atoms with Crippen LogP contribution < -0.4 is 10.6 Å². The van der Waals surface area contributed by atoms with Gasteiger partial charge in [0, 0.05) is 29.3 Å². The molecule has 0 aliphatic rings. The molecule has 0 spiro atoms. The van der Waals surface area contributed by atoms with E-state index in [0.29, 0.717) is 19.0 Å². The predicted octanol–water partition coefficient (Wildman–Crippen LogP) is 4.59. The summed E-state index contributed by atoms with van der Waals surface area (Å²) in [6.07, 6.45) is 2.15. The molecule has 0 aliphatic carbocycles. The third kappa shape index (κ3) is 6.34. The summed E-state index contributed by atoms with van der Waals surface area (Å²) in [5.41, 5.74) is 2.11. The molecule has 0 saturated carbocycles. The van der Waals surface area contributed by atoms with Crippen LogP contribution in [0.1, 0.15) is 82.5 Å². The van der Waals surface area contributed by atoms with Crippen molar-refractivity contribution in [3.8, 4) is 0 Å². The molecule has 6 nitrogen and oxygen atoms in total. The van der Waals surface area contributed by atoms with Gasteiger partial charge in [0.05, 0.1) is 29.5 Å². The molecule has 2 heterocycles. The fraction of sp³-hybridized carbons (Fsp3) is 0.650. The third-order valence-electron chi connectivity index (χ3n) is 4.35. The predicted molar refractivity (Wildman–Crippen MR) is 112 cm³/mol. The summed E-state index contributed by atoms with van der Waals surface area (Å²) in [5, 5.41) is 14.0. The molecule has 0 bridgehead atoms. The average molecular weight is 392 g/mol. The van der Waals surface area contributed by atoms with Gasteiger partial charge in [0.15, 0.2) is 11.7 Å². The van der Waals surface area contributed by atoms with Gasteiger partial charge >= 0.3 is 0 Å². The zero-order valence-corrected chi connectivity index (χ0v) is 18.2. The van der Waals surface area contributed by atoms with E-state index in [4.69, 9.17) is 9.51 Å². The highest BCUT2D eigenvalue weighted by molar-refractivity contribution is 7.09. The van der Waals surface area contributed by atoms with Crippen molar-refractivity contribution in [3.63, 3.8) is 0 Å². The van der Waals surface area contributed by atoms with Gasteiger partial charge in [-0.1, -0.05) is 39.8 Å². The Morgan fingerprint density at radius 1 is 1.22 bits per heavy atom. The Labute approximate surface area is 166 Å². The van der Waals surface area contributed by atoms with E-state index in [-0.39, 0.29) is 5.41 Å². The molecule has 0 unspecified atom stereocenters. The van der Waals surface area contributed by atoms with Crippen LogP contribution in [0.4, 0.5) is 0 Å². The smallest absolute Gasteiger partial charge is 0.192 e. The number of rotatable bonds is 8. The highest BCUT2D eigenvalue weighted by Crippen LogP contribution is 2.25. The van der Waals surface area contributed by atoms with E-state index in [1.54, 1.807) is 11.3 Å². The maximum Gasteiger partial charge on any atom is 0.192 e. The largest absolute Gasteiger partial charge is 0.359 e. The first-order valence-electron chi connectivity index (χ1n) is 9.79. The lowest BCUT2D eigenvalue weighted by Gasteiger charge is -2.13. The maximum atomic E-state index is 5.48. The lowest BCUT2D eigenvalue weighted by atomic mass is 9.98. The van der Waals surface area contributed by atoms with Crippen LogP contribution in [0.5, 0.6) is 0 Å². The van der Waals surface area contributed by atoms with Crippen molar-refractivity contribution in [2.24, 2.45) is 4.99 Å². The summed E-state index contributed by atoms with van der Waals surface area (Å²) in [4.78, 5) is 9.35. The molecule has 0 aromatic carbocycles. The van der Waals surface area contributed by atoms with Crippen LogP contribution in [0, 0.1) is 0 Å². The molecule has 2 aromatic heterocycles. The highest BCUT2D eigenvalue weighted by atomic mass is 32.1. The number of aromatic nitrogens is 2. The summed E-state index contributed by atoms with van der Waals surface area (Å²) in [5.74, 6) is 2.04. The van der Waals surface area contributed by atoms with Crippen molar-refractivity contribution in [1.82, 2.24) is 20.8 Å². The summed E-state index contributed by atoms with van der Waals surface area (Å²) < 4.78 is 5.48. The Bertz CT molecular complexity index is 725. The van der Waals surface area contributed by atoms with Crippen LogP contribution in [0.3, 0.4) is 0 Å². The van der Waals surface area contributed by atoms with Crippen molar-refractivity contribution >= 4 is 17.3 Å².